The largest absolute Gasteiger partial charge is 0.480 e. The van der Waals surface area contributed by atoms with E-state index < -0.39 is 43.1 Å². The molecule has 2 unspecified atom stereocenters. The van der Waals surface area contributed by atoms with E-state index in [2.05, 4.69) is 5.32 Å². The van der Waals surface area contributed by atoms with Crippen molar-refractivity contribution in [1.82, 2.24) is 10.2 Å². The number of nitrogens with two attached hydrogens (primary N) is 1. The van der Waals surface area contributed by atoms with Crippen molar-refractivity contribution in [2.75, 3.05) is 13.1 Å². The van der Waals surface area contributed by atoms with Crippen LogP contribution in [0.4, 0.5) is 4.79 Å². The molecule has 0 heterocycles. The average Bonchev–Trinajstić information content (AvgIpc) is 2.30. The van der Waals surface area contributed by atoms with Crippen molar-refractivity contribution in [1.29, 1.82) is 0 Å². The number of hydrogen-bond donors (Lipinski definition) is 4. The van der Waals surface area contributed by atoms with Crippen molar-refractivity contribution in [2.24, 2.45) is 5.73 Å². The van der Waals surface area contributed by atoms with Gasteiger partial charge in [0.15, 0.2) is 0 Å². The van der Waals surface area contributed by atoms with E-state index in [-0.39, 0.29) is 0 Å². The molecule has 19 heavy (non-hydrogen) atoms. The van der Waals surface area contributed by atoms with Crippen LogP contribution in [0, 0.1) is 0 Å². The Bertz CT molecular complexity index is 344. The van der Waals surface area contributed by atoms with Gasteiger partial charge in [-0.3, -0.25) is 9.59 Å². The molecule has 8 nitrogen and oxygen atoms in total. The molecule has 1 fully saturated rings. The summed E-state index contributed by atoms with van der Waals surface area (Å²) in [5.41, 5.74) is 4.96. The van der Waals surface area contributed by atoms with Gasteiger partial charge in [0.25, 0.3) is 0 Å². The highest BCUT2D eigenvalue weighted by molar-refractivity contribution is 5.86. The van der Waals surface area contributed by atoms with E-state index >= 15 is 0 Å². The summed E-state index contributed by atoms with van der Waals surface area (Å²) < 4.78 is 0. The van der Waals surface area contributed by atoms with Gasteiger partial charge >= 0.3 is 12.0 Å². The number of hydrogen-bond acceptors (Lipinski definition) is 4. The molecule has 0 aromatic carbocycles. The molecule has 0 spiro atoms. The molecule has 1 aliphatic rings. The summed E-state index contributed by atoms with van der Waals surface area (Å²) in [6, 6.07) is -1.11. The maximum absolute atomic E-state index is 11.9. The van der Waals surface area contributed by atoms with Crippen molar-refractivity contribution in [3.63, 3.8) is 0 Å². The van der Waals surface area contributed by atoms with Gasteiger partial charge in [-0.2, -0.15) is 0 Å². The van der Waals surface area contributed by atoms with Crippen molar-refractivity contribution < 1.29 is 24.6 Å². The maximum atomic E-state index is 11.9. The van der Waals surface area contributed by atoms with E-state index in [4.69, 9.17) is 10.8 Å². The van der Waals surface area contributed by atoms with Crippen molar-refractivity contribution in [2.45, 2.75) is 37.8 Å². The number of aliphatic hydroxyl groups excluding tert-OH is 1. The fourth-order valence-electron chi connectivity index (χ4n) is 2.08. The number of aliphatic hydroxyl groups is 1. The summed E-state index contributed by atoms with van der Waals surface area (Å²) in [5, 5.41) is 20.9. The number of aliphatic carboxylic acids is 1. The third kappa shape index (κ3) is 5.12. The molecule has 2 atom stereocenters. The predicted molar refractivity (Wildman–Crippen MR) is 65.2 cm³/mol. The summed E-state index contributed by atoms with van der Waals surface area (Å²) in [6.45, 7) is -1.08. The molecule has 108 valence electrons. The van der Waals surface area contributed by atoms with Gasteiger partial charge < -0.3 is 26.2 Å². The fourth-order valence-corrected chi connectivity index (χ4v) is 2.08. The number of carbonyl (C=O) groups excluding carboxylic acids is 2. The van der Waals surface area contributed by atoms with Crippen molar-refractivity contribution in [3.05, 3.63) is 0 Å². The molecular formula is C11H19N3O5. The number of nitrogens with one attached hydrogen (secondary N) is 1. The molecule has 0 aliphatic heterocycles. The van der Waals surface area contributed by atoms with Crippen LogP contribution in [0.5, 0.6) is 0 Å². The predicted octanol–water partition coefficient (Wildman–Crippen LogP) is -1.13. The summed E-state index contributed by atoms with van der Waals surface area (Å²) in [7, 11) is 0. The Kier molecular flexibility index (Phi) is 5.56. The Morgan fingerprint density at radius 3 is 2.37 bits per heavy atom. The Labute approximate surface area is 110 Å². The zero-order valence-corrected chi connectivity index (χ0v) is 10.5. The molecule has 0 saturated heterocycles. The first-order valence-electron chi connectivity index (χ1n) is 6.13. The lowest BCUT2D eigenvalue weighted by atomic mass is 9.93. The summed E-state index contributed by atoms with van der Waals surface area (Å²) in [6.07, 6.45) is 2.37. The minimum Gasteiger partial charge on any atom is -0.480 e. The Morgan fingerprint density at radius 1 is 1.21 bits per heavy atom. The minimum atomic E-state index is -1.24. The number of rotatable bonds is 5. The molecule has 1 aliphatic carbocycles. The summed E-state index contributed by atoms with van der Waals surface area (Å²) >= 11 is 0. The molecule has 1 saturated carbocycles. The monoisotopic (exact) mass is 273 g/mol. The smallest absolute Gasteiger partial charge is 0.323 e. The van der Waals surface area contributed by atoms with Gasteiger partial charge in [0.2, 0.25) is 5.91 Å². The second-order valence-corrected chi connectivity index (χ2v) is 4.62. The second kappa shape index (κ2) is 6.93. The lowest BCUT2D eigenvalue weighted by Gasteiger charge is -2.30. The third-order valence-corrected chi connectivity index (χ3v) is 3.00. The van der Waals surface area contributed by atoms with Gasteiger partial charge in [-0.1, -0.05) is 12.8 Å². The minimum absolute atomic E-state index is 0.412. The molecule has 8 heteroatoms. The van der Waals surface area contributed by atoms with Crippen LogP contribution < -0.4 is 11.1 Å². The Hall–Kier alpha value is -1.83. The zero-order chi connectivity index (χ0) is 14.4. The Balaban J connectivity index is 2.59. The van der Waals surface area contributed by atoms with E-state index in [1.165, 1.54) is 0 Å². The van der Waals surface area contributed by atoms with Crippen molar-refractivity contribution in [3.8, 4) is 0 Å². The van der Waals surface area contributed by atoms with Crippen LogP contribution in [0.1, 0.15) is 25.7 Å². The lowest BCUT2D eigenvalue weighted by molar-refractivity contribution is -0.137. The summed E-state index contributed by atoms with van der Waals surface area (Å²) in [5.74, 6) is -2.03. The van der Waals surface area contributed by atoms with Crippen LogP contribution in [0.25, 0.3) is 0 Å². The molecular weight excluding hydrogens is 254 g/mol. The number of primary amides is 1. The molecule has 0 aromatic heterocycles. The fraction of sp³-hybridized carbons (Fsp3) is 0.727. The second-order valence-electron chi connectivity index (χ2n) is 4.62. The number of carboxylic acids is 1. The number of carbonyl (C=O) groups is 3. The van der Waals surface area contributed by atoms with E-state index in [9.17, 15) is 19.5 Å². The number of carboxylic acid groups (broad SMARTS) is 1. The van der Waals surface area contributed by atoms with Crippen LogP contribution in [0.15, 0.2) is 0 Å². The highest BCUT2D eigenvalue weighted by atomic mass is 16.4. The standard InChI is InChI=1S/C11H19N3O5/c12-9(16)5-14(6-10(17)18)11(19)13-7-3-1-2-4-8(7)15/h7-8,15H,1-6H2,(H2,12,16)(H,13,19)(H,17,18). The van der Waals surface area contributed by atoms with E-state index in [1.54, 1.807) is 0 Å². The first kappa shape index (κ1) is 15.2. The van der Waals surface area contributed by atoms with Crippen molar-refractivity contribution >= 4 is 17.9 Å². The molecule has 3 amide bonds. The number of urea groups is 1. The Morgan fingerprint density at radius 2 is 1.84 bits per heavy atom. The quantitative estimate of drug-likeness (QED) is 0.503. The van der Waals surface area contributed by atoms with Crippen LogP contribution in [0.2, 0.25) is 0 Å². The molecule has 1 rings (SSSR count). The third-order valence-electron chi connectivity index (χ3n) is 3.00. The van der Waals surface area contributed by atoms with Crippen LogP contribution in [-0.2, 0) is 9.59 Å². The molecule has 0 aromatic rings. The molecule has 0 bridgehead atoms. The van der Waals surface area contributed by atoms with E-state index in [0.29, 0.717) is 12.8 Å². The van der Waals surface area contributed by atoms with Crippen LogP contribution in [-0.4, -0.2) is 58.3 Å². The van der Waals surface area contributed by atoms with E-state index in [0.717, 1.165) is 17.7 Å². The lowest BCUT2D eigenvalue weighted by Crippen LogP contribution is -2.53. The highest BCUT2D eigenvalue weighted by Gasteiger charge is 2.27. The van der Waals surface area contributed by atoms with Crippen LogP contribution in [0.3, 0.4) is 0 Å². The normalized spacial score (nSPS) is 22.6. The SMILES string of the molecule is NC(=O)CN(CC(=O)O)C(=O)NC1CCCCC1O. The van der Waals surface area contributed by atoms with Gasteiger partial charge in [-0.05, 0) is 12.8 Å². The average molecular weight is 273 g/mol. The van der Waals surface area contributed by atoms with Gasteiger partial charge in [-0.15, -0.1) is 0 Å². The number of amides is 3. The topological polar surface area (TPSA) is 133 Å². The number of nitrogens with zero attached hydrogens (tertiary/aromatic N) is 1. The first-order valence-corrected chi connectivity index (χ1v) is 6.13. The van der Waals surface area contributed by atoms with Crippen LogP contribution >= 0.6 is 0 Å². The maximum Gasteiger partial charge on any atom is 0.323 e. The zero-order valence-electron chi connectivity index (χ0n) is 10.5. The van der Waals surface area contributed by atoms with Gasteiger partial charge in [0.1, 0.15) is 13.1 Å². The van der Waals surface area contributed by atoms with Gasteiger partial charge in [0.05, 0.1) is 12.1 Å². The highest BCUT2D eigenvalue weighted by Crippen LogP contribution is 2.18. The molecule has 0 radical (unpaired) electrons. The summed E-state index contributed by atoms with van der Waals surface area (Å²) in [4.78, 5) is 34.1. The van der Waals surface area contributed by atoms with Gasteiger partial charge in [-0.25, -0.2) is 4.79 Å². The van der Waals surface area contributed by atoms with Gasteiger partial charge in [0, 0.05) is 0 Å². The first-order chi connectivity index (χ1) is 8.90. The van der Waals surface area contributed by atoms with E-state index in [1.807, 2.05) is 0 Å². The molecule has 5 N–H and O–H groups in total.